The molecule has 1 N–H and O–H groups in total. The third kappa shape index (κ3) is 5.42. The molecule has 1 aromatic heterocycles. The van der Waals surface area contributed by atoms with E-state index in [1.165, 1.54) is 10.4 Å². The second-order valence-electron chi connectivity index (χ2n) is 7.10. The number of rotatable bonds is 5. The van der Waals surface area contributed by atoms with Crippen molar-refractivity contribution in [1.29, 1.82) is 0 Å². The SMILES string of the molecule is CN(CC(=O)O)C1CCCN(CC(=O)N2CCc3sccc3C2)CC1.Cl. The summed E-state index contributed by atoms with van der Waals surface area (Å²) in [5.74, 6) is -0.564. The summed E-state index contributed by atoms with van der Waals surface area (Å²) < 4.78 is 0. The fourth-order valence-electron chi connectivity index (χ4n) is 3.83. The molecule has 1 atom stereocenters. The van der Waals surface area contributed by atoms with Crippen LogP contribution >= 0.6 is 23.7 Å². The van der Waals surface area contributed by atoms with Gasteiger partial charge in [0.2, 0.25) is 5.91 Å². The smallest absolute Gasteiger partial charge is 0.317 e. The maximum absolute atomic E-state index is 12.7. The average molecular weight is 402 g/mol. The van der Waals surface area contributed by atoms with Crippen LogP contribution in [0.3, 0.4) is 0 Å². The number of carbonyl (C=O) groups is 2. The number of hydrogen-bond acceptors (Lipinski definition) is 5. The molecule has 1 amide bonds. The molecule has 0 radical (unpaired) electrons. The van der Waals surface area contributed by atoms with Gasteiger partial charge in [-0.15, -0.1) is 23.7 Å². The number of carboxylic acids is 1. The molecule has 0 aliphatic carbocycles. The summed E-state index contributed by atoms with van der Waals surface area (Å²) in [7, 11) is 1.88. The molecule has 6 nitrogen and oxygen atoms in total. The van der Waals surface area contributed by atoms with E-state index in [4.69, 9.17) is 5.11 Å². The van der Waals surface area contributed by atoms with Crippen molar-refractivity contribution in [3.05, 3.63) is 21.9 Å². The number of aliphatic carboxylic acids is 1. The van der Waals surface area contributed by atoms with Crippen molar-refractivity contribution in [1.82, 2.24) is 14.7 Å². The Morgan fingerprint density at radius 2 is 2.12 bits per heavy atom. The molecule has 0 spiro atoms. The Kier molecular flexibility index (Phi) is 7.88. The Morgan fingerprint density at radius 3 is 2.88 bits per heavy atom. The van der Waals surface area contributed by atoms with Gasteiger partial charge in [-0.2, -0.15) is 0 Å². The van der Waals surface area contributed by atoms with Gasteiger partial charge in [0.05, 0.1) is 13.1 Å². The summed E-state index contributed by atoms with van der Waals surface area (Å²) in [4.78, 5) is 31.1. The van der Waals surface area contributed by atoms with Crippen molar-refractivity contribution >= 4 is 35.6 Å². The number of halogens is 1. The number of likely N-dealkylation sites (N-methyl/N-ethyl adjacent to an activating group) is 1. The lowest BCUT2D eigenvalue weighted by Gasteiger charge is -2.30. The second-order valence-corrected chi connectivity index (χ2v) is 8.10. The molecule has 8 heteroatoms. The highest BCUT2D eigenvalue weighted by Crippen LogP contribution is 2.24. The van der Waals surface area contributed by atoms with Crippen molar-refractivity contribution in [2.24, 2.45) is 0 Å². The van der Waals surface area contributed by atoms with Gasteiger partial charge in [-0.05, 0) is 56.3 Å². The van der Waals surface area contributed by atoms with E-state index in [0.717, 1.165) is 51.9 Å². The van der Waals surface area contributed by atoms with E-state index in [-0.39, 0.29) is 24.9 Å². The molecule has 1 aromatic rings. The molecule has 2 aliphatic rings. The number of likely N-dealkylation sites (tertiary alicyclic amines) is 1. The van der Waals surface area contributed by atoms with Crippen LogP contribution < -0.4 is 0 Å². The van der Waals surface area contributed by atoms with Crippen LogP contribution in [0.25, 0.3) is 0 Å². The lowest BCUT2D eigenvalue weighted by molar-refractivity contribution is -0.138. The Labute approximate surface area is 165 Å². The molecule has 26 heavy (non-hydrogen) atoms. The van der Waals surface area contributed by atoms with Crippen LogP contribution in [-0.2, 0) is 22.6 Å². The van der Waals surface area contributed by atoms with Gasteiger partial charge >= 0.3 is 5.97 Å². The van der Waals surface area contributed by atoms with E-state index in [1.807, 2.05) is 16.8 Å². The lowest BCUT2D eigenvalue weighted by Crippen LogP contribution is -2.43. The number of hydrogen-bond donors (Lipinski definition) is 1. The quantitative estimate of drug-likeness (QED) is 0.816. The van der Waals surface area contributed by atoms with Gasteiger partial charge in [0.1, 0.15) is 0 Å². The zero-order chi connectivity index (χ0) is 17.8. The Morgan fingerprint density at radius 1 is 1.31 bits per heavy atom. The van der Waals surface area contributed by atoms with Crippen LogP contribution in [0.4, 0.5) is 0 Å². The van der Waals surface area contributed by atoms with Gasteiger partial charge in [0.15, 0.2) is 0 Å². The minimum atomic E-state index is -0.781. The summed E-state index contributed by atoms with van der Waals surface area (Å²) in [6.45, 7) is 3.91. The summed E-state index contributed by atoms with van der Waals surface area (Å²) >= 11 is 1.79. The van der Waals surface area contributed by atoms with Crippen molar-refractivity contribution in [2.75, 3.05) is 39.8 Å². The van der Waals surface area contributed by atoms with E-state index in [9.17, 15) is 9.59 Å². The van der Waals surface area contributed by atoms with Crippen LogP contribution in [-0.4, -0.2) is 77.5 Å². The van der Waals surface area contributed by atoms with E-state index < -0.39 is 5.97 Å². The zero-order valence-electron chi connectivity index (χ0n) is 15.2. The fourth-order valence-corrected chi connectivity index (χ4v) is 4.72. The standard InChI is InChI=1S/C18H27N3O3S.ClH/c1-19(13-18(23)24)15-3-2-7-20(8-4-15)12-17(22)21-9-5-16-14(11-21)6-10-25-16;/h6,10,15H,2-5,7-9,11-13H2,1H3,(H,23,24);1H. The fraction of sp³-hybridized carbons (Fsp3) is 0.667. The Balaban J connectivity index is 0.00000243. The van der Waals surface area contributed by atoms with Gasteiger partial charge in [0.25, 0.3) is 0 Å². The van der Waals surface area contributed by atoms with Gasteiger partial charge in [-0.1, -0.05) is 0 Å². The van der Waals surface area contributed by atoms with Crippen molar-refractivity contribution in [3.63, 3.8) is 0 Å². The average Bonchev–Trinajstić information content (AvgIpc) is 2.92. The maximum atomic E-state index is 12.7. The molecular weight excluding hydrogens is 374 g/mol. The molecule has 1 unspecified atom stereocenters. The molecule has 0 saturated carbocycles. The number of nitrogens with zero attached hydrogens (tertiary/aromatic N) is 3. The van der Waals surface area contributed by atoms with E-state index in [2.05, 4.69) is 16.3 Å². The van der Waals surface area contributed by atoms with Gasteiger partial charge < -0.3 is 10.0 Å². The first-order valence-corrected chi connectivity index (χ1v) is 9.88. The minimum Gasteiger partial charge on any atom is -0.480 e. The summed E-state index contributed by atoms with van der Waals surface area (Å²) in [6.07, 6.45) is 3.90. The Bertz CT molecular complexity index is 625. The molecule has 3 rings (SSSR count). The minimum absolute atomic E-state index is 0. The van der Waals surface area contributed by atoms with E-state index in [0.29, 0.717) is 12.6 Å². The summed E-state index contributed by atoms with van der Waals surface area (Å²) in [5, 5.41) is 11.1. The van der Waals surface area contributed by atoms with Crippen LogP contribution in [0.2, 0.25) is 0 Å². The first-order chi connectivity index (χ1) is 12.0. The van der Waals surface area contributed by atoms with Crippen LogP contribution in [0.1, 0.15) is 29.7 Å². The molecule has 1 fully saturated rings. The normalized spacial score (nSPS) is 21.0. The highest BCUT2D eigenvalue weighted by molar-refractivity contribution is 7.10. The monoisotopic (exact) mass is 401 g/mol. The molecule has 3 heterocycles. The number of carboxylic acid groups (broad SMARTS) is 1. The molecule has 2 aliphatic heterocycles. The highest BCUT2D eigenvalue weighted by Gasteiger charge is 2.26. The van der Waals surface area contributed by atoms with Crippen LogP contribution in [0, 0.1) is 0 Å². The third-order valence-corrected chi connectivity index (χ3v) is 6.34. The lowest BCUT2D eigenvalue weighted by atomic mass is 10.1. The number of carbonyl (C=O) groups excluding carboxylic acids is 1. The van der Waals surface area contributed by atoms with E-state index in [1.54, 1.807) is 11.3 Å². The predicted octanol–water partition coefficient (Wildman–Crippen LogP) is 1.93. The van der Waals surface area contributed by atoms with Crippen LogP contribution in [0.15, 0.2) is 11.4 Å². The van der Waals surface area contributed by atoms with Crippen molar-refractivity contribution < 1.29 is 14.7 Å². The number of amides is 1. The number of thiophene rings is 1. The van der Waals surface area contributed by atoms with Gasteiger partial charge in [-0.3, -0.25) is 19.4 Å². The number of fused-ring (bicyclic) bond motifs is 1. The topological polar surface area (TPSA) is 64.1 Å². The van der Waals surface area contributed by atoms with Crippen LogP contribution in [0.5, 0.6) is 0 Å². The molecule has 0 bridgehead atoms. The second kappa shape index (κ2) is 9.69. The summed E-state index contributed by atoms with van der Waals surface area (Å²) in [5.41, 5.74) is 1.30. The van der Waals surface area contributed by atoms with E-state index >= 15 is 0 Å². The zero-order valence-corrected chi connectivity index (χ0v) is 16.9. The predicted molar refractivity (Wildman–Crippen MR) is 105 cm³/mol. The third-order valence-electron chi connectivity index (χ3n) is 5.32. The van der Waals surface area contributed by atoms with Gasteiger partial charge in [0, 0.05) is 30.6 Å². The summed E-state index contributed by atoms with van der Waals surface area (Å²) in [6, 6.07) is 2.42. The molecule has 146 valence electrons. The highest BCUT2D eigenvalue weighted by atomic mass is 35.5. The first kappa shape index (κ1) is 21.2. The van der Waals surface area contributed by atoms with Crippen molar-refractivity contribution in [3.8, 4) is 0 Å². The molecule has 1 saturated heterocycles. The Hall–Kier alpha value is -1.15. The molecular formula is C18H28ClN3O3S. The first-order valence-electron chi connectivity index (χ1n) is 9.00. The largest absolute Gasteiger partial charge is 0.480 e. The van der Waals surface area contributed by atoms with Crippen molar-refractivity contribution in [2.45, 2.75) is 38.3 Å². The molecule has 0 aromatic carbocycles. The maximum Gasteiger partial charge on any atom is 0.317 e. The van der Waals surface area contributed by atoms with Gasteiger partial charge in [-0.25, -0.2) is 0 Å².